The van der Waals surface area contributed by atoms with Gasteiger partial charge in [0.1, 0.15) is 0 Å². The van der Waals surface area contributed by atoms with Gasteiger partial charge in [0.25, 0.3) is 5.91 Å². The molecule has 0 radical (unpaired) electrons. The number of aliphatic hydroxyl groups is 2. The molecule has 1 amide bonds. The third kappa shape index (κ3) is 4.89. The molecule has 0 fully saturated rings. The fourth-order valence-electron chi connectivity index (χ4n) is 1.59. The number of rotatable bonds is 7. The summed E-state index contributed by atoms with van der Waals surface area (Å²) < 4.78 is 0. The van der Waals surface area contributed by atoms with Crippen LogP contribution < -0.4 is 10.6 Å². The maximum Gasteiger partial charge on any atom is 0.251 e. The molecule has 1 aromatic rings. The largest absolute Gasteiger partial charge is 0.394 e. The van der Waals surface area contributed by atoms with Crippen LogP contribution in [0.15, 0.2) is 18.2 Å². The Morgan fingerprint density at radius 3 is 2.79 bits per heavy atom. The lowest BCUT2D eigenvalue weighted by molar-refractivity contribution is 0.0953. The molecule has 0 aliphatic heterocycles. The fraction of sp³-hybridized carbons (Fsp3) is 0.500. The van der Waals surface area contributed by atoms with Crippen LogP contribution >= 0.6 is 0 Å². The summed E-state index contributed by atoms with van der Waals surface area (Å²) in [7, 11) is 0. The van der Waals surface area contributed by atoms with Crippen molar-refractivity contribution in [3.8, 4) is 0 Å². The van der Waals surface area contributed by atoms with E-state index in [0.29, 0.717) is 12.1 Å². The average Bonchev–Trinajstić information content (AvgIpc) is 2.43. The minimum absolute atomic E-state index is 0.104. The van der Waals surface area contributed by atoms with E-state index in [1.54, 1.807) is 12.1 Å². The Morgan fingerprint density at radius 1 is 1.42 bits per heavy atom. The van der Waals surface area contributed by atoms with Gasteiger partial charge in [-0.05, 0) is 31.0 Å². The Balaban J connectivity index is 2.73. The molecule has 5 nitrogen and oxygen atoms in total. The molecule has 1 unspecified atom stereocenters. The van der Waals surface area contributed by atoms with Gasteiger partial charge in [-0.3, -0.25) is 4.79 Å². The van der Waals surface area contributed by atoms with E-state index >= 15 is 0 Å². The molecule has 0 heterocycles. The van der Waals surface area contributed by atoms with Gasteiger partial charge < -0.3 is 20.8 Å². The highest BCUT2D eigenvalue weighted by Crippen LogP contribution is 2.17. The van der Waals surface area contributed by atoms with E-state index in [-0.39, 0.29) is 19.1 Å². The Hall–Kier alpha value is -1.59. The van der Waals surface area contributed by atoms with Crippen LogP contribution in [-0.2, 0) is 0 Å². The van der Waals surface area contributed by atoms with Crippen LogP contribution in [0.3, 0.4) is 0 Å². The highest BCUT2D eigenvalue weighted by molar-refractivity contribution is 5.95. The van der Waals surface area contributed by atoms with Gasteiger partial charge in [0, 0.05) is 24.3 Å². The molecule has 4 N–H and O–H groups in total. The molecule has 5 heteroatoms. The molecule has 106 valence electrons. The first-order valence-electron chi connectivity index (χ1n) is 6.50. The number of nitrogens with one attached hydrogen (secondary N) is 2. The zero-order valence-electron chi connectivity index (χ0n) is 11.4. The summed E-state index contributed by atoms with van der Waals surface area (Å²) in [6.45, 7) is 4.53. The van der Waals surface area contributed by atoms with Gasteiger partial charge in [-0.15, -0.1) is 0 Å². The molecule has 0 bridgehead atoms. The van der Waals surface area contributed by atoms with E-state index in [9.17, 15) is 9.90 Å². The number of carbonyl (C=O) groups is 1. The van der Waals surface area contributed by atoms with E-state index in [1.165, 1.54) is 0 Å². The van der Waals surface area contributed by atoms with Crippen LogP contribution in [0.1, 0.15) is 29.3 Å². The first-order chi connectivity index (χ1) is 9.08. The molecule has 0 spiro atoms. The van der Waals surface area contributed by atoms with Crippen molar-refractivity contribution in [3.05, 3.63) is 29.3 Å². The molecular weight excluding hydrogens is 244 g/mol. The van der Waals surface area contributed by atoms with Crippen molar-refractivity contribution in [2.75, 3.05) is 25.0 Å². The molecule has 1 atom stereocenters. The molecule has 0 saturated carbocycles. The summed E-state index contributed by atoms with van der Waals surface area (Å²) >= 11 is 0. The zero-order valence-corrected chi connectivity index (χ0v) is 11.4. The second-order valence-electron chi connectivity index (χ2n) is 4.50. The summed E-state index contributed by atoms with van der Waals surface area (Å²) in [6, 6.07) is 5.38. The first kappa shape index (κ1) is 15.5. The van der Waals surface area contributed by atoms with Crippen LogP contribution in [0.4, 0.5) is 5.69 Å². The van der Waals surface area contributed by atoms with Gasteiger partial charge in [-0.1, -0.05) is 13.0 Å². The van der Waals surface area contributed by atoms with Crippen LogP contribution in [0.2, 0.25) is 0 Å². The van der Waals surface area contributed by atoms with Crippen molar-refractivity contribution >= 4 is 11.6 Å². The predicted molar refractivity (Wildman–Crippen MR) is 75.4 cm³/mol. The Kier molecular flexibility index (Phi) is 6.32. The number of aryl methyl sites for hydroxylation is 1. The molecular formula is C14H22N2O3. The van der Waals surface area contributed by atoms with Gasteiger partial charge >= 0.3 is 0 Å². The molecule has 1 rings (SSSR count). The van der Waals surface area contributed by atoms with Crippen molar-refractivity contribution in [1.82, 2.24) is 5.32 Å². The summed E-state index contributed by atoms with van der Waals surface area (Å²) in [4.78, 5) is 11.8. The van der Waals surface area contributed by atoms with Crippen molar-refractivity contribution in [1.29, 1.82) is 0 Å². The average molecular weight is 266 g/mol. The zero-order chi connectivity index (χ0) is 14.3. The Bertz CT molecular complexity index is 421. The molecule has 0 aromatic heterocycles. The molecule has 0 aliphatic carbocycles. The maximum absolute atomic E-state index is 11.8. The topological polar surface area (TPSA) is 81.6 Å². The highest BCUT2D eigenvalue weighted by Gasteiger charge is 2.08. The van der Waals surface area contributed by atoms with Gasteiger partial charge in [-0.2, -0.15) is 0 Å². The van der Waals surface area contributed by atoms with Gasteiger partial charge in [-0.25, -0.2) is 0 Å². The lowest BCUT2D eigenvalue weighted by Crippen LogP contribution is -2.25. The molecule has 1 aromatic carbocycles. The third-order valence-corrected chi connectivity index (χ3v) is 2.77. The number of anilines is 1. The van der Waals surface area contributed by atoms with Gasteiger partial charge in [0.05, 0.1) is 12.7 Å². The van der Waals surface area contributed by atoms with Crippen molar-refractivity contribution in [2.24, 2.45) is 0 Å². The molecule has 19 heavy (non-hydrogen) atoms. The summed E-state index contributed by atoms with van der Waals surface area (Å²) in [6.07, 6.45) is 0.0859. The Morgan fingerprint density at radius 2 is 2.16 bits per heavy atom. The van der Waals surface area contributed by atoms with Gasteiger partial charge in [0.2, 0.25) is 0 Å². The normalized spacial score (nSPS) is 12.0. The van der Waals surface area contributed by atoms with E-state index in [4.69, 9.17) is 5.11 Å². The minimum Gasteiger partial charge on any atom is -0.394 e. The number of carbonyl (C=O) groups excluding carboxylic acids is 1. The summed E-state index contributed by atoms with van der Waals surface area (Å²) in [5, 5.41) is 23.9. The SMILES string of the molecule is CCCNC(=O)c1ccc(C)c(NCC(O)CO)c1. The number of hydrogen-bond donors (Lipinski definition) is 4. The standard InChI is InChI=1S/C14H22N2O3/c1-3-6-15-14(19)11-5-4-10(2)13(7-11)16-8-12(18)9-17/h4-5,7,12,16-18H,3,6,8-9H2,1-2H3,(H,15,19). The lowest BCUT2D eigenvalue weighted by atomic mass is 10.1. The lowest BCUT2D eigenvalue weighted by Gasteiger charge is -2.14. The van der Waals surface area contributed by atoms with Crippen LogP contribution in [0.5, 0.6) is 0 Å². The predicted octanol–water partition coefficient (Wildman–Crippen LogP) is 0.900. The minimum atomic E-state index is -0.808. The van der Waals surface area contributed by atoms with Crippen molar-refractivity contribution < 1.29 is 15.0 Å². The van der Waals surface area contributed by atoms with E-state index < -0.39 is 6.10 Å². The Labute approximate surface area is 113 Å². The smallest absolute Gasteiger partial charge is 0.251 e. The number of benzene rings is 1. The maximum atomic E-state index is 11.8. The first-order valence-corrected chi connectivity index (χ1v) is 6.50. The van der Waals surface area contributed by atoms with Crippen molar-refractivity contribution in [3.63, 3.8) is 0 Å². The molecule has 0 aliphatic rings. The second-order valence-corrected chi connectivity index (χ2v) is 4.50. The van der Waals surface area contributed by atoms with Crippen LogP contribution in [0, 0.1) is 6.92 Å². The van der Waals surface area contributed by atoms with Crippen LogP contribution in [-0.4, -0.2) is 41.9 Å². The monoisotopic (exact) mass is 266 g/mol. The second kappa shape index (κ2) is 7.76. The van der Waals surface area contributed by atoms with Crippen LogP contribution in [0.25, 0.3) is 0 Å². The summed E-state index contributed by atoms with van der Waals surface area (Å²) in [5.41, 5.74) is 2.36. The highest BCUT2D eigenvalue weighted by atomic mass is 16.3. The van der Waals surface area contributed by atoms with E-state index in [0.717, 1.165) is 17.7 Å². The fourth-order valence-corrected chi connectivity index (χ4v) is 1.59. The van der Waals surface area contributed by atoms with E-state index in [2.05, 4.69) is 10.6 Å². The van der Waals surface area contributed by atoms with Gasteiger partial charge in [0.15, 0.2) is 0 Å². The number of aliphatic hydroxyl groups excluding tert-OH is 2. The quantitative estimate of drug-likeness (QED) is 0.591. The molecule has 0 saturated heterocycles. The number of amides is 1. The summed E-state index contributed by atoms with van der Waals surface area (Å²) in [5.74, 6) is -0.104. The number of hydrogen-bond acceptors (Lipinski definition) is 4. The van der Waals surface area contributed by atoms with Crippen molar-refractivity contribution in [2.45, 2.75) is 26.4 Å². The third-order valence-electron chi connectivity index (χ3n) is 2.77. The van der Waals surface area contributed by atoms with E-state index in [1.807, 2.05) is 19.9 Å².